The molecule has 2 aromatic carbocycles. The first kappa shape index (κ1) is 18.7. The molecule has 0 aliphatic carbocycles. The summed E-state index contributed by atoms with van der Waals surface area (Å²) in [6.45, 7) is 0. The van der Waals surface area contributed by atoms with Gasteiger partial charge in [0.25, 0.3) is 5.91 Å². The van der Waals surface area contributed by atoms with E-state index >= 15 is 0 Å². The first-order chi connectivity index (χ1) is 13.3. The van der Waals surface area contributed by atoms with E-state index in [9.17, 15) is 9.90 Å². The molecule has 0 saturated heterocycles. The average molecular weight is 433 g/mol. The fraction of sp³-hybridized carbons (Fsp3) is 0.105. The van der Waals surface area contributed by atoms with Gasteiger partial charge in [0.1, 0.15) is 4.88 Å². The van der Waals surface area contributed by atoms with Crippen molar-refractivity contribution in [1.29, 1.82) is 0 Å². The minimum absolute atomic E-state index is 0.243. The SMILES string of the molecule is CN(C)c1ccc2c(c1)=C(c1sc(Nc3cccc(Cl)c3Cl)nc1O)C(=O)N=2. The second-order valence-corrected chi connectivity index (χ2v) is 8.07. The molecule has 0 atom stereocenters. The molecule has 2 N–H and O–H groups in total. The second-order valence-electron chi connectivity index (χ2n) is 6.29. The van der Waals surface area contributed by atoms with Crippen molar-refractivity contribution in [2.45, 2.75) is 0 Å². The highest BCUT2D eigenvalue weighted by Crippen LogP contribution is 2.38. The van der Waals surface area contributed by atoms with Crippen LogP contribution in [0.15, 0.2) is 41.4 Å². The Kier molecular flexibility index (Phi) is 4.74. The van der Waals surface area contributed by atoms with Gasteiger partial charge in [-0.3, -0.25) is 4.79 Å². The molecular weight excluding hydrogens is 419 g/mol. The number of aromatic hydroxyl groups is 1. The lowest BCUT2D eigenvalue weighted by atomic mass is 10.1. The van der Waals surface area contributed by atoms with E-state index in [2.05, 4.69) is 15.3 Å². The van der Waals surface area contributed by atoms with Gasteiger partial charge in [-0.25, -0.2) is 4.99 Å². The zero-order chi connectivity index (χ0) is 20.0. The smallest absolute Gasteiger partial charge is 0.279 e. The van der Waals surface area contributed by atoms with Crippen molar-refractivity contribution in [2.24, 2.45) is 4.99 Å². The van der Waals surface area contributed by atoms with Crippen LogP contribution in [0, 0.1) is 0 Å². The van der Waals surface area contributed by atoms with Gasteiger partial charge in [-0.1, -0.05) is 40.6 Å². The van der Waals surface area contributed by atoms with Crippen molar-refractivity contribution in [3.05, 3.63) is 61.9 Å². The van der Waals surface area contributed by atoms with Crippen LogP contribution in [0.1, 0.15) is 4.88 Å². The van der Waals surface area contributed by atoms with E-state index in [1.54, 1.807) is 24.3 Å². The number of fused-ring (bicyclic) bond motifs is 1. The number of carbonyl (C=O) groups is 1. The molecule has 28 heavy (non-hydrogen) atoms. The van der Waals surface area contributed by atoms with Gasteiger partial charge in [0.2, 0.25) is 5.88 Å². The fourth-order valence-electron chi connectivity index (χ4n) is 2.84. The van der Waals surface area contributed by atoms with Gasteiger partial charge in [-0.2, -0.15) is 4.98 Å². The lowest BCUT2D eigenvalue weighted by molar-refractivity contribution is -0.112. The summed E-state index contributed by atoms with van der Waals surface area (Å²) in [7, 11) is 3.83. The second kappa shape index (κ2) is 7.09. The summed E-state index contributed by atoms with van der Waals surface area (Å²) < 4.78 is 0. The molecule has 4 rings (SSSR count). The Bertz CT molecular complexity index is 1240. The number of benzene rings is 2. The topological polar surface area (TPSA) is 77.8 Å². The molecule has 0 radical (unpaired) electrons. The summed E-state index contributed by atoms with van der Waals surface area (Å²) in [4.78, 5) is 23.0. The zero-order valence-corrected chi connectivity index (χ0v) is 17.2. The van der Waals surface area contributed by atoms with Crippen molar-refractivity contribution in [1.82, 2.24) is 4.98 Å². The van der Waals surface area contributed by atoms with E-state index in [0.29, 0.717) is 41.9 Å². The summed E-state index contributed by atoms with van der Waals surface area (Å²) in [6.07, 6.45) is 0. The van der Waals surface area contributed by atoms with E-state index in [1.807, 2.05) is 31.1 Å². The standard InChI is InChI=1S/C19H14Cl2N4O2S/c1-25(2)9-6-7-12-10(8-9)14(17(26)22-12)16-18(27)24-19(28-16)23-13-5-3-4-11(20)15(13)21/h3-8,27H,1-2H3,(H,23,24). The van der Waals surface area contributed by atoms with Crippen molar-refractivity contribution < 1.29 is 9.90 Å². The van der Waals surface area contributed by atoms with Gasteiger partial charge < -0.3 is 15.3 Å². The first-order valence-electron chi connectivity index (χ1n) is 8.21. The molecule has 0 fully saturated rings. The Hall–Kier alpha value is -2.61. The summed E-state index contributed by atoms with van der Waals surface area (Å²) in [6, 6.07) is 10.7. The monoisotopic (exact) mass is 432 g/mol. The van der Waals surface area contributed by atoms with Gasteiger partial charge in [0.15, 0.2) is 5.13 Å². The predicted octanol–water partition coefficient (Wildman–Crippen LogP) is 3.32. The van der Waals surface area contributed by atoms with Crippen LogP contribution in [-0.2, 0) is 4.79 Å². The highest BCUT2D eigenvalue weighted by atomic mass is 35.5. The maximum absolute atomic E-state index is 12.5. The molecule has 2 heterocycles. The largest absolute Gasteiger partial charge is 0.492 e. The molecule has 3 aromatic rings. The Morgan fingerprint density at radius 3 is 2.71 bits per heavy atom. The van der Waals surface area contributed by atoms with E-state index in [-0.39, 0.29) is 5.88 Å². The van der Waals surface area contributed by atoms with Crippen LogP contribution < -0.4 is 20.8 Å². The lowest BCUT2D eigenvalue weighted by Gasteiger charge is -2.11. The normalized spacial score (nSPS) is 12.7. The molecule has 1 amide bonds. The third-order valence-corrected chi connectivity index (χ3v) is 6.03. The number of halogens is 2. The van der Waals surface area contributed by atoms with Crippen LogP contribution in [0.5, 0.6) is 5.88 Å². The minimum Gasteiger partial charge on any atom is -0.492 e. The molecule has 1 aliphatic heterocycles. The molecule has 1 aromatic heterocycles. The van der Waals surface area contributed by atoms with E-state index in [4.69, 9.17) is 23.2 Å². The third-order valence-electron chi connectivity index (χ3n) is 4.23. The maximum atomic E-state index is 12.5. The van der Waals surface area contributed by atoms with Crippen LogP contribution in [-0.4, -0.2) is 30.1 Å². The van der Waals surface area contributed by atoms with Gasteiger partial charge in [-0.15, -0.1) is 0 Å². The molecule has 142 valence electrons. The quantitative estimate of drug-likeness (QED) is 0.660. The predicted molar refractivity (Wildman–Crippen MR) is 113 cm³/mol. The van der Waals surface area contributed by atoms with Crippen LogP contribution in [0.3, 0.4) is 0 Å². The van der Waals surface area contributed by atoms with Crippen LogP contribution in [0.25, 0.3) is 5.57 Å². The summed E-state index contributed by atoms with van der Waals surface area (Å²) in [5, 5.41) is 15.8. The molecule has 6 nitrogen and oxygen atoms in total. The number of hydrogen-bond donors (Lipinski definition) is 2. The van der Waals surface area contributed by atoms with Gasteiger partial charge in [0, 0.05) is 25.0 Å². The first-order valence-corrected chi connectivity index (χ1v) is 9.78. The van der Waals surface area contributed by atoms with Gasteiger partial charge in [-0.05, 0) is 30.3 Å². The van der Waals surface area contributed by atoms with Crippen LogP contribution in [0.4, 0.5) is 16.5 Å². The van der Waals surface area contributed by atoms with E-state index in [1.165, 1.54) is 0 Å². The minimum atomic E-state index is -0.405. The van der Waals surface area contributed by atoms with Crippen molar-refractivity contribution >= 4 is 62.5 Å². The zero-order valence-electron chi connectivity index (χ0n) is 14.8. The highest BCUT2D eigenvalue weighted by molar-refractivity contribution is 7.17. The number of nitrogens with one attached hydrogen (secondary N) is 1. The van der Waals surface area contributed by atoms with Crippen LogP contribution >= 0.6 is 34.5 Å². The maximum Gasteiger partial charge on any atom is 0.279 e. The molecule has 0 saturated carbocycles. The summed E-state index contributed by atoms with van der Waals surface area (Å²) in [5.74, 6) is -0.649. The number of rotatable bonds is 4. The Morgan fingerprint density at radius 2 is 1.96 bits per heavy atom. The van der Waals surface area contributed by atoms with Crippen LogP contribution in [0.2, 0.25) is 10.0 Å². The Labute approximate surface area is 174 Å². The average Bonchev–Trinajstić information content (AvgIpc) is 3.16. The van der Waals surface area contributed by atoms with E-state index < -0.39 is 5.91 Å². The third kappa shape index (κ3) is 3.22. The number of aromatic nitrogens is 1. The van der Waals surface area contributed by atoms with Gasteiger partial charge in [0.05, 0.1) is 26.7 Å². The van der Waals surface area contributed by atoms with Gasteiger partial charge >= 0.3 is 0 Å². The summed E-state index contributed by atoms with van der Waals surface area (Å²) in [5.41, 5.74) is 1.81. The van der Waals surface area contributed by atoms with Crippen molar-refractivity contribution in [3.8, 4) is 5.88 Å². The number of thiazole rings is 1. The molecule has 0 bridgehead atoms. The number of hydrogen-bond acceptors (Lipinski definition) is 6. The lowest BCUT2D eigenvalue weighted by Crippen LogP contribution is -2.25. The number of carbonyl (C=O) groups excluding carboxylic acids is 1. The van der Waals surface area contributed by atoms with E-state index in [0.717, 1.165) is 17.0 Å². The summed E-state index contributed by atoms with van der Waals surface area (Å²) >= 11 is 13.4. The Morgan fingerprint density at radius 1 is 1.18 bits per heavy atom. The fourth-order valence-corrected chi connectivity index (χ4v) is 4.11. The number of amides is 1. The molecule has 9 heteroatoms. The van der Waals surface area contributed by atoms with Crippen molar-refractivity contribution in [2.75, 3.05) is 24.3 Å². The molecule has 1 aliphatic rings. The highest BCUT2D eigenvalue weighted by Gasteiger charge is 2.25. The Balaban J connectivity index is 1.81. The molecular formula is C19H14Cl2N4O2S. The number of nitrogens with zero attached hydrogens (tertiary/aromatic N) is 3. The molecule has 0 spiro atoms. The van der Waals surface area contributed by atoms with Crippen molar-refractivity contribution in [3.63, 3.8) is 0 Å². The molecule has 0 unspecified atom stereocenters. The number of anilines is 3.